The summed E-state index contributed by atoms with van der Waals surface area (Å²) in [5, 5.41) is 10.1. The Balaban J connectivity index is 4.79. The Kier molecular flexibility index (Phi) is 8.03. The van der Waals surface area contributed by atoms with Crippen molar-refractivity contribution in [3.8, 4) is 0 Å². The Morgan fingerprint density at radius 1 is 1.06 bits per heavy atom. The minimum absolute atomic E-state index is 0.0965. The van der Waals surface area contributed by atoms with Gasteiger partial charge in [-0.05, 0) is 20.3 Å². The molecule has 0 aliphatic carbocycles. The zero-order valence-corrected chi connectivity index (χ0v) is 11.3. The first-order valence-electron chi connectivity index (χ1n) is 6.24. The molecule has 5 heteroatoms. The number of unbranched alkanes of at least 4 members (excludes halogenated alkanes) is 1. The number of hydrogen-bond acceptors (Lipinski definition) is 5. The average molecular weight is 258 g/mol. The lowest BCUT2D eigenvalue weighted by Crippen LogP contribution is -2.48. The van der Waals surface area contributed by atoms with Crippen LogP contribution in [-0.4, -0.2) is 35.9 Å². The number of carbonyl (C=O) groups is 2. The van der Waals surface area contributed by atoms with E-state index in [1.165, 1.54) is 0 Å². The number of hydrogen-bond donors (Lipinski definition) is 1. The first-order chi connectivity index (χ1) is 8.52. The molecule has 0 amide bonds. The van der Waals surface area contributed by atoms with E-state index in [9.17, 15) is 14.7 Å². The van der Waals surface area contributed by atoms with E-state index in [-0.39, 0.29) is 19.6 Å². The largest absolute Gasteiger partial charge is 0.463 e. The number of allylic oxidation sites excluding steroid dienone is 1. The second kappa shape index (κ2) is 8.69. The standard InChI is InChI=1S/C13H22O5/c1-4-7-8-9-10-13(16,11(14)17-5-2)12(15)18-6-3/h8-9,16H,4-7,10H2,1-3H3/b9-8+. The van der Waals surface area contributed by atoms with Gasteiger partial charge in [0.25, 0.3) is 5.60 Å². The molecule has 0 unspecified atom stereocenters. The van der Waals surface area contributed by atoms with Crippen LogP contribution in [-0.2, 0) is 19.1 Å². The number of carbonyl (C=O) groups excluding carboxylic acids is 2. The van der Waals surface area contributed by atoms with Gasteiger partial charge in [-0.25, -0.2) is 9.59 Å². The average Bonchev–Trinajstić information content (AvgIpc) is 2.35. The lowest BCUT2D eigenvalue weighted by Gasteiger charge is -2.22. The molecule has 0 heterocycles. The van der Waals surface area contributed by atoms with Crippen molar-refractivity contribution >= 4 is 11.9 Å². The van der Waals surface area contributed by atoms with Gasteiger partial charge in [-0.1, -0.05) is 25.5 Å². The smallest absolute Gasteiger partial charge is 0.350 e. The Morgan fingerprint density at radius 3 is 1.94 bits per heavy atom. The van der Waals surface area contributed by atoms with Gasteiger partial charge in [0.2, 0.25) is 0 Å². The molecule has 0 bridgehead atoms. The number of esters is 2. The summed E-state index contributed by atoms with van der Waals surface area (Å²) in [6.07, 6.45) is 5.04. The fourth-order valence-electron chi connectivity index (χ4n) is 1.29. The highest BCUT2D eigenvalue weighted by molar-refractivity contribution is 6.03. The van der Waals surface area contributed by atoms with E-state index in [1.807, 2.05) is 13.0 Å². The Morgan fingerprint density at radius 2 is 1.56 bits per heavy atom. The minimum atomic E-state index is -2.24. The van der Waals surface area contributed by atoms with Crippen molar-refractivity contribution in [2.45, 2.75) is 45.6 Å². The van der Waals surface area contributed by atoms with Crippen molar-refractivity contribution < 1.29 is 24.2 Å². The summed E-state index contributed by atoms with van der Waals surface area (Å²) in [6.45, 7) is 5.42. The van der Waals surface area contributed by atoms with Gasteiger partial charge in [-0.3, -0.25) is 0 Å². The van der Waals surface area contributed by atoms with Gasteiger partial charge in [0.05, 0.1) is 13.2 Å². The molecule has 0 aliphatic rings. The van der Waals surface area contributed by atoms with Crippen LogP contribution in [0.15, 0.2) is 12.2 Å². The molecule has 1 N–H and O–H groups in total. The van der Waals surface area contributed by atoms with Crippen LogP contribution in [0.2, 0.25) is 0 Å². The molecule has 18 heavy (non-hydrogen) atoms. The summed E-state index contributed by atoms with van der Waals surface area (Å²) in [5.41, 5.74) is -2.24. The van der Waals surface area contributed by atoms with Crippen LogP contribution >= 0.6 is 0 Å². The SMILES string of the molecule is CCC/C=C/CC(O)(C(=O)OCC)C(=O)OCC. The number of ether oxygens (including phenoxy) is 2. The van der Waals surface area contributed by atoms with E-state index in [1.54, 1.807) is 19.9 Å². The first kappa shape index (κ1) is 16.6. The molecule has 0 aromatic carbocycles. The summed E-state index contributed by atoms with van der Waals surface area (Å²) >= 11 is 0. The van der Waals surface area contributed by atoms with Gasteiger partial charge in [-0.2, -0.15) is 0 Å². The van der Waals surface area contributed by atoms with Gasteiger partial charge >= 0.3 is 11.9 Å². The first-order valence-corrected chi connectivity index (χ1v) is 6.24. The van der Waals surface area contributed by atoms with Crippen LogP contribution in [0.4, 0.5) is 0 Å². The molecule has 5 nitrogen and oxygen atoms in total. The second-order valence-electron chi connectivity index (χ2n) is 3.77. The van der Waals surface area contributed by atoms with E-state index < -0.39 is 17.5 Å². The van der Waals surface area contributed by atoms with Crippen molar-refractivity contribution in [2.24, 2.45) is 0 Å². The zero-order valence-electron chi connectivity index (χ0n) is 11.3. The van der Waals surface area contributed by atoms with E-state index in [2.05, 4.69) is 0 Å². The van der Waals surface area contributed by atoms with Crippen LogP contribution in [0.5, 0.6) is 0 Å². The highest BCUT2D eigenvalue weighted by Gasteiger charge is 2.46. The van der Waals surface area contributed by atoms with Gasteiger partial charge in [-0.15, -0.1) is 0 Å². The van der Waals surface area contributed by atoms with E-state index >= 15 is 0 Å². The predicted molar refractivity (Wildman–Crippen MR) is 66.9 cm³/mol. The maximum absolute atomic E-state index is 11.6. The third-order valence-corrected chi connectivity index (χ3v) is 2.26. The lowest BCUT2D eigenvalue weighted by atomic mass is 9.99. The third-order valence-electron chi connectivity index (χ3n) is 2.26. The molecule has 0 saturated heterocycles. The van der Waals surface area contributed by atoms with E-state index in [4.69, 9.17) is 9.47 Å². The lowest BCUT2D eigenvalue weighted by molar-refractivity contribution is -0.182. The van der Waals surface area contributed by atoms with Crippen molar-refractivity contribution in [3.63, 3.8) is 0 Å². The Bertz CT molecular complexity index is 278. The van der Waals surface area contributed by atoms with Crippen LogP contribution < -0.4 is 0 Å². The highest BCUT2D eigenvalue weighted by Crippen LogP contribution is 2.16. The molecule has 0 radical (unpaired) electrons. The quantitative estimate of drug-likeness (QED) is 0.406. The number of rotatable bonds is 8. The molecule has 0 saturated carbocycles. The fraction of sp³-hybridized carbons (Fsp3) is 0.692. The van der Waals surface area contributed by atoms with Gasteiger partial charge in [0.15, 0.2) is 0 Å². The summed E-state index contributed by atoms with van der Waals surface area (Å²) < 4.78 is 9.42. The van der Waals surface area contributed by atoms with Crippen molar-refractivity contribution in [1.29, 1.82) is 0 Å². The van der Waals surface area contributed by atoms with Crippen molar-refractivity contribution in [1.82, 2.24) is 0 Å². The van der Waals surface area contributed by atoms with Crippen LogP contribution in [0.3, 0.4) is 0 Å². The monoisotopic (exact) mass is 258 g/mol. The molecule has 0 atom stereocenters. The zero-order chi connectivity index (χ0) is 14.0. The van der Waals surface area contributed by atoms with Crippen molar-refractivity contribution in [2.75, 3.05) is 13.2 Å². The second-order valence-corrected chi connectivity index (χ2v) is 3.77. The molecule has 0 rings (SSSR count). The molecule has 0 aromatic rings. The van der Waals surface area contributed by atoms with Gasteiger partial charge in [0, 0.05) is 6.42 Å². The molecule has 104 valence electrons. The van der Waals surface area contributed by atoms with Crippen LogP contribution in [0.1, 0.15) is 40.0 Å². The number of aliphatic hydroxyl groups is 1. The predicted octanol–water partition coefficient (Wildman–Crippen LogP) is 1.59. The molecule has 0 aromatic heterocycles. The van der Waals surface area contributed by atoms with E-state index in [0.717, 1.165) is 12.8 Å². The molecule has 0 fully saturated rings. The molecular weight excluding hydrogens is 236 g/mol. The maximum Gasteiger partial charge on any atom is 0.350 e. The third kappa shape index (κ3) is 4.87. The molecule has 0 aliphatic heterocycles. The summed E-state index contributed by atoms with van der Waals surface area (Å²) in [5.74, 6) is -1.94. The topological polar surface area (TPSA) is 72.8 Å². The minimum Gasteiger partial charge on any atom is -0.463 e. The van der Waals surface area contributed by atoms with Crippen LogP contribution in [0.25, 0.3) is 0 Å². The Labute approximate surface area is 108 Å². The summed E-state index contributed by atoms with van der Waals surface area (Å²) in [6, 6.07) is 0. The van der Waals surface area contributed by atoms with Gasteiger partial charge in [0.1, 0.15) is 0 Å². The highest BCUT2D eigenvalue weighted by atomic mass is 16.6. The summed E-state index contributed by atoms with van der Waals surface area (Å²) in [4.78, 5) is 23.3. The van der Waals surface area contributed by atoms with Crippen molar-refractivity contribution in [3.05, 3.63) is 12.2 Å². The maximum atomic E-state index is 11.6. The fourth-order valence-corrected chi connectivity index (χ4v) is 1.29. The Hall–Kier alpha value is -1.36. The normalized spacial score (nSPS) is 11.6. The van der Waals surface area contributed by atoms with Gasteiger partial charge < -0.3 is 14.6 Å². The van der Waals surface area contributed by atoms with E-state index in [0.29, 0.717) is 0 Å². The molecular formula is C13H22O5. The molecule has 0 spiro atoms. The summed E-state index contributed by atoms with van der Waals surface area (Å²) in [7, 11) is 0. The van der Waals surface area contributed by atoms with Crippen LogP contribution in [0, 0.1) is 0 Å².